The monoisotopic (exact) mass is 311 g/mol. The number of alkyl halides is 3. The van der Waals surface area contributed by atoms with Crippen LogP contribution < -0.4 is 4.90 Å². The fourth-order valence-corrected chi connectivity index (χ4v) is 2.66. The number of hydrogen-bond acceptors (Lipinski definition) is 6. The molecule has 2 fully saturated rings. The predicted molar refractivity (Wildman–Crippen MR) is 63.7 cm³/mol. The van der Waals surface area contributed by atoms with E-state index in [0.717, 1.165) is 24.8 Å². The lowest BCUT2D eigenvalue weighted by molar-refractivity contribution is -0.192. The topological polar surface area (TPSA) is 75.5 Å². The van der Waals surface area contributed by atoms with Gasteiger partial charge in [0.1, 0.15) is 11.1 Å². The molecule has 3 rings (SSSR count). The van der Waals surface area contributed by atoms with Crippen LogP contribution in [0.5, 0.6) is 0 Å². The van der Waals surface area contributed by atoms with Gasteiger partial charge in [-0.25, -0.2) is 4.79 Å². The largest absolute Gasteiger partial charge is 0.490 e. The zero-order valence-corrected chi connectivity index (χ0v) is 11.1. The van der Waals surface area contributed by atoms with Crippen LogP contribution in [-0.2, 0) is 9.53 Å². The van der Waals surface area contributed by atoms with Gasteiger partial charge < -0.3 is 14.7 Å². The van der Waals surface area contributed by atoms with Crippen molar-refractivity contribution in [3.05, 3.63) is 5.51 Å². The molecule has 0 unspecified atom stereocenters. The molecule has 0 atom stereocenters. The number of carboxylic acid groups (broad SMARTS) is 1. The van der Waals surface area contributed by atoms with Gasteiger partial charge in [-0.1, -0.05) is 11.3 Å². The van der Waals surface area contributed by atoms with E-state index in [2.05, 4.69) is 15.1 Å². The quantitative estimate of drug-likeness (QED) is 0.848. The van der Waals surface area contributed by atoms with Gasteiger partial charge in [0.25, 0.3) is 0 Å². The van der Waals surface area contributed by atoms with Crippen LogP contribution in [0.1, 0.15) is 12.8 Å². The van der Waals surface area contributed by atoms with Gasteiger partial charge in [-0.15, -0.1) is 10.2 Å². The number of aromatic nitrogens is 2. The molecule has 3 heterocycles. The summed E-state index contributed by atoms with van der Waals surface area (Å²) in [6, 6.07) is 0. The molecule has 0 radical (unpaired) electrons. The Morgan fingerprint density at radius 2 is 2.15 bits per heavy atom. The summed E-state index contributed by atoms with van der Waals surface area (Å²) in [5.41, 5.74) is 1.95. The van der Waals surface area contributed by atoms with Gasteiger partial charge in [-0.2, -0.15) is 13.2 Å². The van der Waals surface area contributed by atoms with Gasteiger partial charge in [-0.05, 0) is 12.8 Å². The minimum atomic E-state index is -5.08. The van der Waals surface area contributed by atoms with Crippen LogP contribution in [0, 0.1) is 0 Å². The van der Waals surface area contributed by atoms with E-state index in [1.807, 2.05) is 0 Å². The maximum absolute atomic E-state index is 10.6. The fraction of sp³-hybridized carbons (Fsp3) is 0.700. The van der Waals surface area contributed by atoms with Crippen LogP contribution in [0.2, 0.25) is 0 Å². The number of carbonyl (C=O) groups is 1. The van der Waals surface area contributed by atoms with E-state index in [-0.39, 0.29) is 5.60 Å². The minimum absolute atomic E-state index is 0.172. The minimum Gasteiger partial charge on any atom is -0.475 e. The summed E-state index contributed by atoms with van der Waals surface area (Å²) in [6.45, 7) is 2.94. The number of anilines is 1. The molecule has 0 bridgehead atoms. The molecule has 0 amide bonds. The van der Waals surface area contributed by atoms with E-state index in [1.165, 1.54) is 12.8 Å². The molecule has 20 heavy (non-hydrogen) atoms. The van der Waals surface area contributed by atoms with E-state index in [0.29, 0.717) is 0 Å². The third-order valence-corrected chi connectivity index (χ3v) is 3.75. The first kappa shape index (κ1) is 15.0. The molecule has 10 heteroatoms. The van der Waals surface area contributed by atoms with Crippen molar-refractivity contribution < 1.29 is 27.8 Å². The summed E-state index contributed by atoms with van der Waals surface area (Å²) in [5, 5.41) is 16.0. The van der Waals surface area contributed by atoms with Crippen LogP contribution in [0.3, 0.4) is 0 Å². The van der Waals surface area contributed by atoms with Crippen LogP contribution in [-0.4, -0.2) is 52.7 Å². The number of halogens is 3. The molecule has 0 aromatic carbocycles. The number of ether oxygens (including phenoxy) is 1. The Morgan fingerprint density at radius 3 is 2.55 bits per heavy atom. The summed E-state index contributed by atoms with van der Waals surface area (Å²) < 4.78 is 37.5. The summed E-state index contributed by atoms with van der Waals surface area (Å²) in [5.74, 6) is -2.76. The van der Waals surface area contributed by atoms with Gasteiger partial charge >= 0.3 is 12.1 Å². The van der Waals surface area contributed by atoms with Crippen molar-refractivity contribution in [2.45, 2.75) is 24.6 Å². The standard InChI is InChI=1S/C8H11N3OS.C2HF3O2/c1-2-8(12-3-1)4-11(5-8)7-10-9-6-13-7;3-2(4,5)1(6)7/h6H,1-5H2;(H,6,7). The van der Waals surface area contributed by atoms with E-state index in [9.17, 15) is 13.2 Å². The fourth-order valence-electron chi connectivity index (χ4n) is 2.09. The second-order valence-corrected chi connectivity index (χ2v) is 5.33. The van der Waals surface area contributed by atoms with Gasteiger partial charge in [0, 0.05) is 6.61 Å². The number of hydrogen-bond donors (Lipinski definition) is 1. The lowest BCUT2D eigenvalue weighted by Gasteiger charge is -2.46. The van der Waals surface area contributed by atoms with Gasteiger partial charge in [-0.3, -0.25) is 0 Å². The molecule has 1 aromatic rings. The average molecular weight is 311 g/mol. The van der Waals surface area contributed by atoms with Crippen LogP contribution in [0.25, 0.3) is 0 Å². The Balaban J connectivity index is 0.000000182. The summed E-state index contributed by atoms with van der Waals surface area (Å²) >= 11 is 1.60. The first-order valence-electron chi connectivity index (χ1n) is 5.78. The maximum atomic E-state index is 10.6. The second kappa shape index (κ2) is 5.52. The van der Waals surface area contributed by atoms with Crippen molar-refractivity contribution in [3.63, 3.8) is 0 Å². The number of carboxylic acids is 1. The molecule has 112 valence electrons. The summed E-state index contributed by atoms with van der Waals surface area (Å²) in [7, 11) is 0. The lowest BCUT2D eigenvalue weighted by atomic mass is 9.92. The smallest absolute Gasteiger partial charge is 0.475 e. The molecule has 2 aliphatic heterocycles. The van der Waals surface area contributed by atoms with E-state index in [4.69, 9.17) is 14.6 Å². The Kier molecular flexibility index (Phi) is 4.14. The molecule has 1 aromatic heterocycles. The molecule has 2 saturated heterocycles. The highest BCUT2D eigenvalue weighted by Gasteiger charge is 2.47. The van der Waals surface area contributed by atoms with E-state index in [1.54, 1.807) is 16.8 Å². The number of nitrogens with zero attached hydrogens (tertiary/aromatic N) is 3. The maximum Gasteiger partial charge on any atom is 0.490 e. The Bertz CT molecular complexity index is 452. The zero-order chi connectivity index (χ0) is 14.8. The molecule has 2 aliphatic rings. The molecule has 1 spiro atoms. The van der Waals surface area contributed by atoms with Crippen molar-refractivity contribution in [2.75, 3.05) is 24.6 Å². The number of rotatable bonds is 1. The first-order valence-corrected chi connectivity index (χ1v) is 6.66. The molecule has 0 saturated carbocycles. The highest BCUT2D eigenvalue weighted by atomic mass is 32.1. The third kappa shape index (κ3) is 3.37. The van der Waals surface area contributed by atoms with Crippen molar-refractivity contribution in [2.24, 2.45) is 0 Å². The van der Waals surface area contributed by atoms with Crippen molar-refractivity contribution >= 4 is 22.4 Å². The highest BCUT2D eigenvalue weighted by molar-refractivity contribution is 7.13. The van der Waals surface area contributed by atoms with Crippen molar-refractivity contribution in [1.29, 1.82) is 0 Å². The Morgan fingerprint density at radius 1 is 1.50 bits per heavy atom. The van der Waals surface area contributed by atoms with E-state index >= 15 is 0 Å². The van der Waals surface area contributed by atoms with E-state index < -0.39 is 12.1 Å². The van der Waals surface area contributed by atoms with Crippen molar-refractivity contribution in [1.82, 2.24) is 10.2 Å². The average Bonchev–Trinajstić information content (AvgIpc) is 2.98. The predicted octanol–water partition coefficient (Wildman–Crippen LogP) is 1.54. The molecule has 1 N–H and O–H groups in total. The first-order chi connectivity index (χ1) is 9.32. The molecule has 6 nitrogen and oxygen atoms in total. The third-order valence-electron chi connectivity index (χ3n) is 3.00. The normalized spacial score (nSPS) is 20.2. The van der Waals surface area contributed by atoms with Gasteiger partial charge in [0.15, 0.2) is 0 Å². The SMILES string of the molecule is O=C(O)C(F)(F)F.c1nnc(N2CC3(CCCO3)C2)s1. The zero-order valence-electron chi connectivity index (χ0n) is 10.3. The second-order valence-electron chi connectivity index (χ2n) is 4.52. The van der Waals surface area contributed by atoms with Gasteiger partial charge in [0.2, 0.25) is 5.13 Å². The highest BCUT2D eigenvalue weighted by Crippen LogP contribution is 2.37. The lowest BCUT2D eigenvalue weighted by Crippen LogP contribution is -2.61. The van der Waals surface area contributed by atoms with Crippen LogP contribution >= 0.6 is 11.3 Å². The molecular weight excluding hydrogens is 299 g/mol. The van der Waals surface area contributed by atoms with Crippen molar-refractivity contribution in [3.8, 4) is 0 Å². The Hall–Kier alpha value is -1.42. The molecular formula is C10H12F3N3O3S. The van der Waals surface area contributed by atoms with Gasteiger partial charge in [0.05, 0.1) is 13.1 Å². The Labute approximate surface area is 116 Å². The number of aliphatic carboxylic acids is 1. The van der Waals surface area contributed by atoms with Crippen LogP contribution in [0.4, 0.5) is 18.3 Å². The summed E-state index contributed by atoms with van der Waals surface area (Å²) in [6.07, 6.45) is -2.66. The summed E-state index contributed by atoms with van der Waals surface area (Å²) in [4.78, 5) is 11.1. The van der Waals surface area contributed by atoms with Crippen LogP contribution in [0.15, 0.2) is 5.51 Å². The molecule has 0 aliphatic carbocycles.